The van der Waals surface area contributed by atoms with Crippen LogP contribution in [-0.4, -0.2) is 10.1 Å². The van der Waals surface area contributed by atoms with Gasteiger partial charge in [0, 0.05) is 16.6 Å². The lowest BCUT2D eigenvalue weighted by Gasteiger charge is -2.03. The Balaban J connectivity index is 1.89. The Bertz CT molecular complexity index is 439. The third kappa shape index (κ3) is 3.20. The van der Waals surface area contributed by atoms with Crippen molar-refractivity contribution in [1.29, 1.82) is 0 Å². The van der Waals surface area contributed by atoms with Gasteiger partial charge in [0.05, 0.1) is 6.54 Å². The van der Waals surface area contributed by atoms with E-state index in [1.807, 2.05) is 12.1 Å². The van der Waals surface area contributed by atoms with Gasteiger partial charge in [-0.05, 0) is 23.8 Å². The van der Waals surface area contributed by atoms with Crippen molar-refractivity contribution in [3.05, 3.63) is 46.0 Å². The maximum absolute atomic E-state index is 5.88. The maximum atomic E-state index is 5.88. The molecule has 4 nitrogen and oxygen atoms in total. The van der Waals surface area contributed by atoms with Gasteiger partial charge in [-0.15, -0.1) is 0 Å². The number of halogens is 2. The smallest absolute Gasteiger partial charge is 0.213 e. The molecule has 0 aliphatic rings. The summed E-state index contributed by atoms with van der Waals surface area (Å²) in [4.78, 5) is 3.89. The van der Waals surface area contributed by atoms with Crippen LogP contribution < -0.4 is 5.32 Å². The van der Waals surface area contributed by atoms with Crippen LogP contribution in [0.3, 0.4) is 0 Å². The fourth-order valence-corrected chi connectivity index (χ4v) is 1.87. The average Bonchev–Trinajstić information content (AvgIpc) is 2.69. The number of hydrogen-bond donors (Lipinski definition) is 1. The van der Waals surface area contributed by atoms with Gasteiger partial charge >= 0.3 is 0 Å². The van der Waals surface area contributed by atoms with E-state index >= 15 is 0 Å². The first-order valence-corrected chi connectivity index (χ1v) is 5.40. The van der Waals surface area contributed by atoms with Gasteiger partial charge in [0.15, 0.2) is 5.82 Å². The molecule has 0 atom stereocenters. The maximum Gasteiger partial charge on any atom is 0.213 e. The van der Waals surface area contributed by atoms with Crippen LogP contribution in [-0.2, 0) is 13.1 Å². The van der Waals surface area contributed by atoms with E-state index in [-0.39, 0.29) is 0 Å². The number of rotatable bonds is 4. The molecule has 1 heterocycles. The molecule has 1 N–H and O–H groups in total. The summed E-state index contributed by atoms with van der Waals surface area (Å²) in [7, 11) is 0. The number of aromatic nitrogens is 2. The van der Waals surface area contributed by atoms with E-state index in [0.717, 1.165) is 5.56 Å². The van der Waals surface area contributed by atoms with Crippen molar-refractivity contribution in [3.63, 3.8) is 0 Å². The summed E-state index contributed by atoms with van der Waals surface area (Å²) in [6.45, 7) is 1.19. The van der Waals surface area contributed by atoms with Crippen molar-refractivity contribution in [2.45, 2.75) is 13.1 Å². The molecule has 16 heavy (non-hydrogen) atoms. The molecule has 6 heteroatoms. The van der Waals surface area contributed by atoms with Gasteiger partial charge in [0.25, 0.3) is 0 Å². The molecule has 1 aromatic heterocycles. The molecule has 0 unspecified atom stereocenters. The van der Waals surface area contributed by atoms with E-state index in [4.69, 9.17) is 23.2 Å². The Morgan fingerprint density at radius 2 is 1.88 bits per heavy atom. The molecule has 0 radical (unpaired) electrons. The van der Waals surface area contributed by atoms with Crippen LogP contribution in [0.1, 0.15) is 11.4 Å². The van der Waals surface area contributed by atoms with E-state index in [2.05, 4.69) is 20.0 Å². The second-order valence-corrected chi connectivity index (χ2v) is 4.10. The lowest BCUT2D eigenvalue weighted by molar-refractivity contribution is 0.407. The predicted molar refractivity (Wildman–Crippen MR) is 61.3 cm³/mol. The highest BCUT2D eigenvalue weighted by molar-refractivity contribution is 6.34. The summed E-state index contributed by atoms with van der Waals surface area (Å²) in [5.41, 5.74) is 1.01. The summed E-state index contributed by atoms with van der Waals surface area (Å²) in [5, 5.41) is 8.10. The summed E-state index contributed by atoms with van der Waals surface area (Å²) in [6.07, 6.45) is 1.30. The summed E-state index contributed by atoms with van der Waals surface area (Å²) < 4.78 is 4.61. The molecule has 2 aromatic rings. The zero-order valence-electron chi connectivity index (χ0n) is 8.28. The average molecular weight is 258 g/mol. The van der Waals surface area contributed by atoms with Gasteiger partial charge in [0.1, 0.15) is 0 Å². The highest BCUT2D eigenvalue weighted by atomic mass is 35.5. The normalized spacial score (nSPS) is 10.6. The van der Waals surface area contributed by atoms with Gasteiger partial charge in [-0.3, -0.25) is 0 Å². The molecule has 0 fully saturated rings. The highest BCUT2D eigenvalue weighted by Gasteiger charge is 2.00. The van der Waals surface area contributed by atoms with Crippen LogP contribution in [0.4, 0.5) is 0 Å². The highest BCUT2D eigenvalue weighted by Crippen LogP contribution is 2.18. The summed E-state index contributed by atoms with van der Waals surface area (Å²) in [5.74, 6) is 0.619. The second-order valence-electron chi connectivity index (χ2n) is 3.23. The molecule has 0 saturated carbocycles. The van der Waals surface area contributed by atoms with Crippen molar-refractivity contribution in [2.75, 3.05) is 0 Å². The summed E-state index contributed by atoms with van der Waals surface area (Å²) >= 11 is 11.8. The molecule has 84 valence electrons. The monoisotopic (exact) mass is 257 g/mol. The van der Waals surface area contributed by atoms with E-state index in [1.165, 1.54) is 6.39 Å². The first kappa shape index (κ1) is 11.4. The Morgan fingerprint density at radius 3 is 2.50 bits per heavy atom. The van der Waals surface area contributed by atoms with E-state index in [1.54, 1.807) is 6.07 Å². The van der Waals surface area contributed by atoms with Crippen LogP contribution in [0.2, 0.25) is 10.0 Å². The van der Waals surface area contributed by atoms with E-state index in [0.29, 0.717) is 29.0 Å². The van der Waals surface area contributed by atoms with Crippen molar-refractivity contribution in [2.24, 2.45) is 0 Å². The fraction of sp³-hybridized carbons (Fsp3) is 0.200. The lowest BCUT2D eigenvalue weighted by atomic mass is 10.2. The molecule has 0 saturated heterocycles. The first-order chi connectivity index (χ1) is 7.74. The van der Waals surface area contributed by atoms with Crippen LogP contribution in [0.25, 0.3) is 0 Å². The molecular formula is C10H9Cl2N3O. The first-order valence-electron chi connectivity index (χ1n) is 4.65. The zero-order chi connectivity index (χ0) is 11.4. The Labute approximate surface area is 103 Å². The minimum absolute atomic E-state index is 0.542. The number of hydrogen-bond acceptors (Lipinski definition) is 4. The SMILES string of the molecule is Clc1cc(Cl)cc(CNCc2ncon2)c1. The third-order valence-corrected chi connectivity index (χ3v) is 2.38. The van der Waals surface area contributed by atoms with E-state index < -0.39 is 0 Å². The van der Waals surface area contributed by atoms with Crippen molar-refractivity contribution in [3.8, 4) is 0 Å². The molecule has 0 spiro atoms. The van der Waals surface area contributed by atoms with Gasteiger partial charge in [0.2, 0.25) is 6.39 Å². The number of nitrogens with one attached hydrogen (secondary N) is 1. The van der Waals surface area contributed by atoms with Crippen LogP contribution in [0.5, 0.6) is 0 Å². The van der Waals surface area contributed by atoms with Crippen molar-refractivity contribution < 1.29 is 4.52 Å². The molecular weight excluding hydrogens is 249 g/mol. The molecule has 0 bridgehead atoms. The minimum Gasteiger partial charge on any atom is -0.343 e. The molecule has 1 aromatic carbocycles. The number of benzene rings is 1. The second kappa shape index (κ2) is 5.30. The zero-order valence-corrected chi connectivity index (χ0v) is 9.79. The van der Waals surface area contributed by atoms with Crippen LogP contribution in [0.15, 0.2) is 29.1 Å². The van der Waals surface area contributed by atoms with Crippen LogP contribution in [0, 0.1) is 0 Å². The molecule has 0 aliphatic carbocycles. The number of nitrogens with zero attached hydrogens (tertiary/aromatic N) is 2. The van der Waals surface area contributed by atoms with Gasteiger partial charge in [-0.1, -0.05) is 28.4 Å². The third-order valence-electron chi connectivity index (χ3n) is 1.94. The molecule has 0 amide bonds. The quantitative estimate of drug-likeness (QED) is 0.915. The van der Waals surface area contributed by atoms with Gasteiger partial charge in [-0.25, -0.2) is 0 Å². The molecule has 0 aliphatic heterocycles. The van der Waals surface area contributed by atoms with Crippen LogP contribution >= 0.6 is 23.2 Å². The topological polar surface area (TPSA) is 51.0 Å². The van der Waals surface area contributed by atoms with E-state index in [9.17, 15) is 0 Å². The predicted octanol–water partition coefficient (Wildman–Crippen LogP) is 2.67. The Morgan fingerprint density at radius 1 is 1.12 bits per heavy atom. The Hall–Kier alpha value is -1.10. The largest absolute Gasteiger partial charge is 0.343 e. The van der Waals surface area contributed by atoms with Crippen molar-refractivity contribution in [1.82, 2.24) is 15.5 Å². The Kier molecular flexibility index (Phi) is 3.77. The minimum atomic E-state index is 0.542. The molecule has 2 rings (SSSR count). The van der Waals surface area contributed by atoms with Crippen molar-refractivity contribution >= 4 is 23.2 Å². The fourth-order valence-electron chi connectivity index (χ4n) is 1.30. The summed E-state index contributed by atoms with van der Waals surface area (Å²) in [6, 6.07) is 5.42. The van der Waals surface area contributed by atoms with Gasteiger partial charge in [-0.2, -0.15) is 4.98 Å². The standard InChI is InChI=1S/C10H9Cl2N3O/c11-8-1-7(2-9(12)3-8)4-13-5-10-14-6-16-15-10/h1-3,6,13H,4-5H2. The van der Waals surface area contributed by atoms with Gasteiger partial charge < -0.3 is 9.84 Å². The lowest BCUT2D eigenvalue weighted by Crippen LogP contribution is -2.13.